The van der Waals surface area contributed by atoms with E-state index in [-0.39, 0.29) is 0 Å². The summed E-state index contributed by atoms with van der Waals surface area (Å²) in [5, 5.41) is 3.38. The molecule has 0 unspecified atom stereocenters. The van der Waals surface area contributed by atoms with Gasteiger partial charge in [-0.25, -0.2) is 4.98 Å². The molecule has 1 aliphatic heterocycles. The van der Waals surface area contributed by atoms with Gasteiger partial charge in [-0.3, -0.25) is 0 Å². The van der Waals surface area contributed by atoms with Crippen LogP contribution in [0.1, 0.15) is 23.9 Å². The molecule has 1 fully saturated rings. The number of nitrogens with zero attached hydrogens (tertiary/aromatic N) is 2. The molecular formula is C11H19N3O. The highest BCUT2D eigenvalue weighted by Gasteiger charge is 2.21. The Hall–Kier alpha value is -0.870. The van der Waals surface area contributed by atoms with Gasteiger partial charge in [-0.1, -0.05) is 0 Å². The highest BCUT2D eigenvalue weighted by Crippen LogP contribution is 2.21. The Labute approximate surface area is 90.6 Å². The van der Waals surface area contributed by atoms with E-state index in [1.807, 2.05) is 6.20 Å². The molecular weight excluding hydrogens is 190 g/mol. The van der Waals surface area contributed by atoms with Crippen molar-refractivity contribution in [3.8, 4) is 0 Å². The highest BCUT2D eigenvalue weighted by molar-refractivity contribution is 5.10. The number of imidazole rings is 1. The van der Waals surface area contributed by atoms with E-state index in [0.717, 1.165) is 26.2 Å². The summed E-state index contributed by atoms with van der Waals surface area (Å²) in [6, 6.07) is 0. The molecule has 0 spiro atoms. The van der Waals surface area contributed by atoms with Crippen LogP contribution in [0.3, 0.4) is 0 Å². The van der Waals surface area contributed by atoms with Gasteiger partial charge in [0.15, 0.2) is 0 Å². The molecule has 84 valence electrons. The van der Waals surface area contributed by atoms with Crippen LogP contribution in [0.2, 0.25) is 0 Å². The standard InChI is InChI=1S/C11H19N3O/c1-9-7-13-11(10-3-4-12-8-10)14(9)5-6-15-2/h7,10,12H,3-6,8H2,1-2H3/t10-/m1/s1. The number of nitrogens with one attached hydrogen (secondary N) is 1. The average molecular weight is 209 g/mol. The molecule has 15 heavy (non-hydrogen) atoms. The van der Waals surface area contributed by atoms with Crippen molar-refractivity contribution in [2.24, 2.45) is 0 Å². The quantitative estimate of drug-likeness (QED) is 0.801. The summed E-state index contributed by atoms with van der Waals surface area (Å²) in [6.45, 7) is 5.94. The fraction of sp³-hybridized carbons (Fsp3) is 0.727. The zero-order valence-corrected chi connectivity index (χ0v) is 9.49. The maximum atomic E-state index is 5.12. The molecule has 1 aromatic rings. The van der Waals surface area contributed by atoms with Crippen LogP contribution in [0.15, 0.2) is 6.20 Å². The lowest BCUT2D eigenvalue weighted by Gasteiger charge is -2.13. The van der Waals surface area contributed by atoms with Crippen LogP contribution in [0.4, 0.5) is 0 Å². The molecule has 4 nitrogen and oxygen atoms in total. The van der Waals surface area contributed by atoms with E-state index in [1.54, 1.807) is 7.11 Å². The Morgan fingerprint density at radius 3 is 3.20 bits per heavy atom. The Balaban J connectivity index is 2.14. The first-order chi connectivity index (χ1) is 7.33. The van der Waals surface area contributed by atoms with Crippen molar-refractivity contribution >= 4 is 0 Å². The van der Waals surface area contributed by atoms with E-state index in [1.165, 1.54) is 17.9 Å². The number of hydrogen-bond donors (Lipinski definition) is 1. The molecule has 0 aromatic carbocycles. The zero-order valence-electron chi connectivity index (χ0n) is 9.49. The normalized spacial score (nSPS) is 21.1. The number of rotatable bonds is 4. The lowest BCUT2D eigenvalue weighted by atomic mass is 10.1. The molecule has 2 heterocycles. The van der Waals surface area contributed by atoms with Crippen molar-refractivity contribution in [1.29, 1.82) is 0 Å². The SMILES string of the molecule is COCCn1c(C)cnc1[C@@H]1CCNC1. The van der Waals surface area contributed by atoms with Gasteiger partial charge in [-0.2, -0.15) is 0 Å². The van der Waals surface area contributed by atoms with Crippen LogP contribution in [-0.4, -0.2) is 36.4 Å². The molecule has 4 heteroatoms. The van der Waals surface area contributed by atoms with Gasteiger partial charge in [0.1, 0.15) is 5.82 Å². The minimum atomic E-state index is 0.579. The predicted octanol–water partition coefficient (Wildman–Crippen LogP) is 0.915. The van der Waals surface area contributed by atoms with Gasteiger partial charge in [0.05, 0.1) is 6.61 Å². The summed E-state index contributed by atoms with van der Waals surface area (Å²) in [7, 11) is 1.74. The molecule has 1 saturated heterocycles. The first-order valence-electron chi connectivity index (χ1n) is 5.54. The van der Waals surface area contributed by atoms with E-state index >= 15 is 0 Å². The van der Waals surface area contributed by atoms with E-state index in [0.29, 0.717) is 5.92 Å². The summed E-state index contributed by atoms with van der Waals surface area (Å²) >= 11 is 0. The summed E-state index contributed by atoms with van der Waals surface area (Å²) in [6.07, 6.45) is 3.16. The Kier molecular flexibility index (Phi) is 3.38. The number of ether oxygens (including phenoxy) is 1. The van der Waals surface area contributed by atoms with Gasteiger partial charge in [0.25, 0.3) is 0 Å². The maximum absolute atomic E-state index is 5.12. The lowest BCUT2D eigenvalue weighted by Crippen LogP contribution is -2.15. The van der Waals surface area contributed by atoms with Crippen LogP contribution in [0.25, 0.3) is 0 Å². The number of aromatic nitrogens is 2. The molecule has 1 atom stereocenters. The fourth-order valence-corrected chi connectivity index (χ4v) is 2.15. The summed E-state index contributed by atoms with van der Waals surface area (Å²) in [5.74, 6) is 1.80. The van der Waals surface area contributed by atoms with Gasteiger partial charge < -0.3 is 14.6 Å². The average Bonchev–Trinajstić information content (AvgIpc) is 2.84. The third-order valence-electron chi connectivity index (χ3n) is 3.03. The first-order valence-corrected chi connectivity index (χ1v) is 5.54. The smallest absolute Gasteiger partial charge is 0.113 e. The molecule has 1 N–H and O–H groups in total. The topological polar surface area (TPSA) is 39.1 Å². The van der Waals surface area contributed by atoms with Crippen LogP contribution >= 0.6 is 0 Å². The highest BCUT2D eigenvalue weighted by atomic mass is 16.5. The minimum Gasteiger partial charge on any atom is -0.383 e. The van der Waals surface area contributed by atoms with Gasteiger partial charge in [-0.05, 0) is 19.9 Å². The van der Waals surface area contributed by atoms with Crippen molar-refractivity contribution in [2.75, 3.05) is 26.8 Å². The van der Waals surface area contributed by atoms with Crippen molar-refractivity contribution in [1.82, 2.24) is 14.9 Å². The molecule has 1 aliphatic rings. The molecule has 0 aliphatic carbocycles. The van der Waals surface area contributed by atoms with Crippen molar-refractivity contribution in [3.63, 3.8) is 0 Å². The fourth-order valence-electron chi connectivity index (χ4n) is 2.15. The van der Waals surface area contributed by atoms with E-state index in [9.17, 15) is 0 Å². The van der Waals surface area contributed by atoms with Crippen molar-refractivity contribution < 1.29 is 4.74 Å². The Morgan fingerprint density at radius 2 is 2.53 bits per heavy atom. The first kappa shape index (κ1) is 10.6. The molecule has 2 rings (SSSR count). The molecule has 0 radical (unpaired) electrons. The van der Waals surface area contributed by atoms with E-state index < -0.39 is 0 Å². The van der Waals surface area contributed by atoms with Gasteiger partial charge in [0, 0.05) is 38.0 Å². The summed E-state index contributed by atoms with van der Waals surface area (Å²) in [5.41, 5.74) is 1.23. The third-order valence-corrected chi connectivity index (χ3v) is 3.03. The second kappa shape index (κ2) is 4.77. The van der Waals surface area contributed by atoms with Crippen LogP contribution < -0.4 is 5.32 Å². The largest absolute Gasteiger partial charge is 0.383 e. The third kappa shape index (κ3) is 2.21. The number of hydrogen-bond acceptors (Lipinski definition) is 3. The van der Waals surface area contributed by atoms with Crippen LogP contribution in [0.5, 0.6) is 0 Å². The zero-order chi connectivity index (χ0) is 10.7. The van der Waals surface area contributed by atoms with Gasteiger partial charge in [-0.15, -0.1) is 0 Å². The van der Waals surface area contributed by atoms with Crippen LogP contribution in [0, 0.1) is 6.92 Å². The Morgan fingerprint density at radius 1 is 1.67 bits per heavy atom. The van der Waals surface area contributed by atoms with Crippen molar-refractivity contribution in [3.05, 3.63) is 17.7 Å². The Bertz CT molecular complexity index is 316. The van der Waals surface area contributed by atoms with Crippen LogP contribution in [-0.2, 0) is 11.3 Å². The number of methoxy groups -OCH3 is 1. The molecule has 0 saturated carbocycles. The van der Waals surface area contributed by atoms with E-state index in [2.05, 4.69) is 21.8 Å². The molecule has 0 bridgehead atoms. The minimum absolute atomic E-state index is 0.579. The lowest BCUT2D eigenvalue weighted by molar-refractivity contribution is 0.185. The second-order valence-electron chi connectivity index (χ2n) is 4.09. The van der Waals surface area contributed by atoms with E-state index in [4.69, 9.17) is 4.74 Å². The monoisotopic (exact) mass is 209 g/mol. The summed E-state index contributed by atoms with van der Waals surface area (Å²) in [4.78, 5) is 4.52. The number of aryl methyl sites for hydroxylation is 1. The molecule has 0 amide bonds. The van der Waals surface area contributed by atoms with Gasteiger partial charge in [0.2, 0.25) is 0 Å². The van der Waals surface area contributed by atoms with Gasteiger partial charge >= 0.3 is 0 Å². The maximum Gasteiger partial charge on any atom is 0.113 e. The summed E-state index contributed by atoms with van der Waals surface area (Å²) < 4.78 is 7.40. The predicted molar refractivity (Wildman–Crippen MR) is 59.1 cm³/mol. The van der Waals surface area contributed by atoms with Crippen molar-refractivity contribution in [2.45, 2.75) is 25.8 Å². The molecule has 1 aromatic heterocycles. The second-order valence-corrected chi connectivity index (χ2v) is 4.09.